The maximum atomic E-state index is 12.8. The Hall–Kier alpha value is -3.01. The van der Waals surface area contributed by atoms with Crippen molar-refractivity contribution in [2.45, 2.75) is 13.3 Å². The molecule has 0 amide bonds. The summed E-state index contributed by atoms with van der Waals surface area (Å²) in [5.41, 5.74) is 1.41. The van der Waals surface area contributed by atoms with Crippen LogP contribution in [0.2, 0.25) is 0 Å². The van der Waals surface area contributed by atoms with E-state index in [0.717, 1.165) is 12.0 Å². The minimum absolute atomic E-state index is 0.0381. The van der Waals surface area contributed by atoms with E-state index in [1.54, 1.807) is 30.3 Å². The highest BCUT2D eigenvalue weighted by molar-refractivity contribution is 6.46. The number of allylic oxidation sites excluding steroid dienone is 1. The third kappa shape index (κ3) is 2.38. The van der Waals surface area contributed by atoms with Gasteiger partial charge in [-0.15, -0.1) is 0 Å². The van der Waals surface area contributed by atoms with Crippen LogP contribution in [0.4, 0.5) is 0 Å². The first-order valence-electron chi connectivity index (χ1n) is 7.30. The van der Waals surface area contributed by atoms with Crippen molar-refractivity contribution in [1.82, 2.24) is 0 Å². The molecule has 1 aliphatic rings. The van der Waals surface area contributed by atoms with Crippen LogP contribution in [0.25, 0.3) is 5.57 Å². The molecule has 4 nitrogen and oxygen atoms in total. The van der Waals surface area contributed by atoms with Gasteiger partial charge in [-0.25, -0.2) is 4.79 Å². The third-order valence-electron chi connectivity index (χ3n) is 3.99. The van der Waals surface area contributed by atoms with Crippen molar-refractivity contribution < 1.29 is 19.5 Å². The number of ketones is 2. The van der Waals surface area contributed by atoms with Gasteiger partial charge in [0, 0.05) is 16.7 Å². The van der Waals surface area contributed by atoms with Crippen LogP contribution < -0.4 is 0 Å². The summed E-state index contributed by atoms with van der Waals surface area (Å²) < 4.78 is 0. The highest BCUT2D eigenvalue weighted by Gasteiger charge is 2.36. The number of Topliss-reactive ketones (excluding diaryl/α,β-unsaturated/α-hetero) is 2. The summed E-state index contributed by atoms with van der Waals surface area (Å²) in [6.07, 6.45) is 0.834. The van der Waals surface area contributed by atoms with Crippen LogP contribution >= 0.6 is 0 Å². The molecule has 0 bridgehead atoms. The van der Waals surface area contributed by atoms with E-state index >= 15 is 0 Å². The lowest BCUT2D eigenvalue weighted by atomic mass is 9.81. The van der Waals surface area contributed by atoms with Gasteiger partial charge in [-0.2, -0.15) is 0 Å². The maximum absolute atomic E-state index is 12.8. The summed E-state index contributed by atoms with van der Waals surface area (Å²) in [4.78, 5) is 36.9. The fourth-order valence-electron chi connectivity index (χ4n) is 2.76. The second-order valence-corrected chi connectivity index (χ2v) is 5.31. The van der Waals surface area contributed by atoms with Crippen molar-refractivity contribution in [2.24, 2.45) is 0 Å². The Labute approximate surface area is 133 Å². The predicted molar refractivity (Wildman–Crippen MR) is 85.5 cm³/mol. The van der Waals surface area contributed by atoms with E-state index in [1.165, 1.54) is 6.07 Å². The van der Waals surface area contributed by atoms with Crippen molar-refractivity contribution in [2.75, 3.05) is 0 Å². The molecule has 0 aliphatic heterocycles. The number of carboxylic acid groups (broad SMARTS) is 1. The number of carbonyl (C=O) groups is 3. The number of hydrogen-bond acceptors (Lipinski definition) is 3. The van der Waals surface area contributed by atoms with Gasteiger partial charge in [0.2, 0.25) is 5.78 Å². The molecule has 0 radical (unpaired) electrons. The van der Waals surface area contributed by atoms with Gasteiger partial charge in [-0.1, -0.05) is 55.5 Å². The van der Waals surface area contributed by atoms with Gasteiger partial charge >= 0.3 is 5.97 Å². The monoisotopic (exact) mass is 306 g/mol. The normalized spacial score (nSPS) is 14.0. The quantitative estimate of drug-likeness (QED) is 0.884. The lowest BCUT2D eigenvalue weighted by Gasteiger charge is -2.19. The average Bonchev–Trinajstić information content (AvgIpc) is 2.57. The Balaban J connectivity index is 2.25. The van der Waals surface area contributed by atoms with Crippen LogP contribution in [-0.2, 0) is 11.2 Å². The lowest BCUT2D eigenvalue weighted by molar-refractivity contribution is -0.132. The molecule has 0 atom stereocenters. The van der Waals surface area contributed by atoms with Crippen molar-refractivity contribution in [3.63, 3.8) is 0 Å². The van der Waals surface area contributed by atoms with E-state index < -0.39 is 23.1 Å². The van der Waals surface area contributed by atoms with Gasteiger partial charge in [0.15, 0.2) is 5.78 Å². The van der Waals surface area contributed by atoms with Crippen LogP contribution in [-0.4, -0.2) is 22.6 Å². The molecular weight excluding hydrogens is 292 g/mol. The van der Waals surface area contributed by atoms with E-state index in [9.17, 15) is 19.5 Å². The average molecular weight is 306 g/mol. The Kier molecular flexibility index (Phi) is 3.66. The van der Waals surface area contributed by atoms with Crippen molar-refractivity contribution in [1.29, 1.82) is 0 Å². The van der Waals surface area contributed by atoms with Crippen LogP contribution in [0.5, 0.6) is 0 Å². The smallest absolute Gasteiger partial charge is 0.340 e. The number of aryl methyl sites for hydroxylation is 1. The molecule has 0 fully saturated rings. The molecule has 2 aromatic carbocycles. The van der Waals surface area contributed by atoms with Crippen molar-refractivity contribution >= 4 is 23.1 Å². The van der Waals surface area contributed by atoms with Gasteiger partial charge in [0.25, 0.3) is 0 Å². The number of fused-ring (bicyclic) bond motifs is 1. The van der Waals surface area contributed by atoms with E-state index in [-0.39, 0.29) is 16.7 Å². The second kappa shape index (κ2) is 5.65. The van der Waals surface area contributed by atoms with Gasteiger partial charge in [-0.05, 0) is 17.5 Å². The first-order chi connectivity index (χ1) is 11.0. The highest BCUT2D eigenvalue weighted by Crippen LogP contribution is 2.32. The maximum Gasteiger partial charge on any atom is 0.340 e. The molecule has 0 unspecified atom stereocenters. The molecule has 0 spiro atoms. The van der Waals surface area contributed by atoms with Crippen molar-refractivity contribution in [3.05, 3.63) is 76.4 Å². The fraction of sp³-hybridized carbons (Fsp3) is 0.105. The number of carbonyl (C=O) groups excluding carboxylic acids is 2. The zero-order valence-corrected chi connectivity index (χ0v) is 12.5. The van der Waals surface area contributed by atoms with Crippen LogP contribution in [0.15, 0.2) is 54.1 Å². The van der Waals surface area contributed by atoms with Crippen LogP contribution in [0.1, 0.15) is 38.8 Å². The molecule has 0 heterocycles. The van der Waals surface area contributed by atoms with E-state index in [0.29, 0.717) is 5.56 Å². The molecule has 4 heteroatoms. The summed E-state index contributed by atoms with van der Waals surface area (Å²) in [6.45, 7) is 2.00. The molecule has 23 heavy (non-hydrogen) atoms. The second-order valence-electron chi connectivity index (χ2n) is 5.31. The van der Waals surface area contributed by atoms with Crippen LogP contribution in [0, 0.1) is 0 Å². The summed E-state index contributed by atoms with van der Waals surface area (Å²) in [7, 11) is 0. The van der Waals surface area contributed by atoms with Gasteiger partial charge in [0.05, 0.1) is 0 Å². The first kappa shape index (κ1) is 14.9. The molecular formula is C19H14O4. The Morgan fingerprint density at radius 2 is 1.48 bits per heavy atom. The SMILES string of the molecule is CCc1ccc(C2=C(C(=O)O)C(=O)c3ccccc3C2=O)cc1. The van der Waals surface area contributed by atoms with Gasteiger partial charge in [0.1, 0.15) is 5.57 Å². The largest absolute Gasteiger partial charge is 0.478 e. The number of rotatable bonds is 3. The molecule has 2 aromatic rings. The molecule has 1 N–H and O–H groups in total. The zero-order chi connectivity index (χ0) is 16.6. The number of benzene rings is 2. The fourth-order valence-corrected chi connectivity index (χ4v) is 2.76. The lowest BCUT2D eigenvalue weighted by Crippen LogP contribution is -2.25. The highest BCUT2D eigenvalue weighted by atomic mass is 16.4. The summed E-state index contributed by atoms with van der Waals surface area (Å²) in [6, 6.07) is 13.4. The molecule has 1 aliphatic carbocycles. The summed E-state index contributed by atoms with van der Waals surface area (Å²) in [5, 5.41) is 9.45. The van der Waals surface area contributed by atoms with Gasteiger partial charge in [-0.3, -0.25) is 9.59 Å². The summed E-state index contributed by atoms with van der Waals surface area (Å²) in [5.74, 6) is -2.43. The predicted octanol–water partition coefficient (Wildman–Crippen LogP) is 3.17. The number of carboxylic acids is 1. The van der Waals surface area contributed by atoms with Crippen molar-refractivity contribution in [3.8, 4) is 0 Å². The Morgan fingerprint density at radius 3 is 2.00 bits per heavy atom. The van der Waals surface area contributed by atoms with E-state index in [2.05, 4.69) is 0 Å². The van der Waals surface area contributed by atoms with E-state index in [4.69, 9.17) is 0 Å². The molecule has 114 valence electrons. The molecule has 0 saturated heterocycles. The van der Waals surface area contributed by atoms with E-state index in [1.807, 2.05) is 19.1 Å². The third-order valence-corrected chi connectivity index (χ3v) is 3.99. The van der Waals surface area contributed by atoms with Crippen LogP contribution in [0.3, 0.4) is 0 Å². The standard InChI is InChI=1S/C19H14O4/c1-2-11-7-9-12(10-8-11)15-16(19(22)23)18(21)14-6-4-3-5-13(14)17(15)20/h3-10H,2H2,1H3,(H,22,23). The zero-order valence-electron chi connectivity index (χ0n) is 12.5. The topological polar surface area (TPSA) is 71.4 Å². The minimum atomic E-state index is -1.38. The molecule has 0 saturated carbocycles. The molecule has 3 rings (SSSR count). The Morgan fingerprint density at radius 1 is 0.913 bits per heavy atom. The van der Waals surface area contributed by atoms with Gasteiger partial charge < -0.3 is 5.11 Å². The molecule has 0 aromatic heterocycles. The first-order valence-corrected chi connectivity index (χ1v) is 7.30. The Bertz CT molecular complexity index is 857. The summed E-state index contributed by atoms with van der Waals surface area (Å²) >= 11 is 0. The number of hydrogen-bond donors (Lipinski definition) is 1. The minimum Gasteiger partial charge on any atom is -0.478 e. The number of aliphatic carboxylic acids is 1.